The van der Waals surface area contributed by atoms with Gasteiger partial charge in [-0.1, -0.05) is 68.4 Å². The lowest BCUT2D eigenvalue weighted by molar-refractivity contribution is -0.144. The molecule has 2 amide bonds. The van der Waals surface area contributed by atoms with Gasteiger partial charge in [0, 0.05) is 23.4 Å². The van der Waals surface area contributed by atoms with Crippen LogP contribution in [0.15, 0.2) is 72.8 Å². The fourth-order valence-corrected chi connectivity index (χ4v) is 4.52. The molecule has 0 aliphatic carbocycles. The molecule has 186 valence electrons. The fraction of sp³-hybridized carbons (Fsp3) is 0.179. The zero-order chi connectivity index (χ0) is 26.1. The highest BCUT2D eigenvalue weighted by molar-refractivity contribution is 6.02. The molecule has 37 heavy (non-hydrogen) atoms. The molecule has 9 heteroatoms. The second-order valence-electron chi connectivity index (χ2n) is 9.24. The van der Waals surface area contributed by atoms with Crippen molar-refractivity contribution in [1.82, 2.24) is 20.1 Å². The van der Waals surface area contributed by atoms with Gasteiger partial charge >= 0.3 is 5.97 Å². The van der Waals surface area contributed by atoms with Crippen LogP contribution in [0.25, 0.3) is 22.5 Å². The van der Waals surface area contributed by atoms with Gasteiger partial charge in [0.1, 0.15) is 6.04 Å². The van der Waals surface area contributed by atoms with Crippen molar-refractivity contribution in [1.29, 1.82) is 0 Å². The first-order valence-corrected chi connectivity index (χ1v) is 11.9. The largest absolute Gasteiger partial charge is 0.480 e. The summed E-state index contributed by atoms with van der Waals surface area (Å²) in [7, 11) is 0. The third-order valence-electron chi connectivity index (χ3n) is 6.37. The van der Waals surface area contributed by atoms with Crippen LogP contribution in [0.2, 0.25) is 0 Å². The Morgan fingerprint density at radius 1 is 0.973 bits per heavy atom. The molecule has 0 fully saturated rings. The molecule has 4 aromatic rings. The normalized spacial score (nSPS) is 13.5. The van der Waals surface area contributed by atoms with Crippen molar-refractivity contribution >= 4 is 23.5 Å². The lowest BCUT2D eigenvalue weighted by Crippen LogP contribution is -2.44. The standard InChI is InChI=1S/C28H25N5O4/c1-16(2)23(28(36)37)33-15-20-9-8-19(14-22(20)27(33)35)17-10-12-21(13-11-17)29-26(34)25-30-24(31-32-25)18-6-4-3-5-7-18/h3-14,16,23H,15H2,1-2H3,(H,29,34)(H,36,37)(H,30,31,32). The molecule has 0 saturated carbocycles. The number of hydrogen-bond acceptors (Lipinski definition) is 5. The second kappa shape index (κ2) is 9.69. The van der Waals surface area contributed by atoms with Crippen molar-refractivity contribution in [3.8, 4) is 22.5 Å². The number of carbonyl (C=O) groups is 3. The Kier molecular flexibility index (Phi) is 6.27. The van der Waals surface area contributed by atoms with Gasteiger partial charge in [0.05, 0.1) is 0 Å². The molecule has 0 spiro atoms. The van der Waals surface area contributed by atoms with Crippen LogP contribution >= 0.6 is 0 Å². The SMILES string of the molecule is CC(C)C(C(=O)O)N1Cc2ccc(-c3ccc(NC(=O)c4nc(-c5ccccc5)n[nH]4)cc3)cc2C1=O. The number of hydrogen-bond donors (Lipinski definition) is 3. The predicted molar refractivity (Wildman–Crippen MR) is 138 cm³/mol. The second-order valence-corrected chi connectivity index (χ2v) is 9.24. The first-order chi connectivity index (χ1) is 17.8. The van der Waals surface area contributed by atoms with Gasteiger partial charge in [0.2, 0.25) is 5.82 Å². The molecule has 0 bridgehead atoms. The summed E-state index contributed by atoms with van der Waals surface area (Å²) in [6, 6.07) is 21.3. The van der Waals surface area contributed by atoms with E-state index in [0.29, 0.717) is 17.1 Å². The zero-order valence-electron chi connectivity index (χ0n) is 20.3. The number of aromatic amines is 1. The van der Waals surface area contributed by atoms with E-state index >= 15 is 0 Å². The molecule has 0 saturated heterocycles. The van der Waals surface area contributed by atoms with E-state index in [4.69, 9.17) is 0 Å². The Hall–Kier alpha value is -4.79. The number of anilines is 1. The number of fused-ring (bicyclic) bond motifs is 1. The predicted octanol–water partition coefficient (Wildman–Crippen LogP) is 4.46. The molecule has 2 heterocycles. The fourth-order valence-electron chi connectivity index (χ4n) is 4.52. The van der Waals surface area contributed by atoms with Gasteiger partial charge in [-0.3, -0.25) is 14.7 Å². The number of H-pyrrole nitrogens is 1. The summed E-state index contributed by atoms with van der Waals surface area (Å²) >= 11 is 0. The monoisotopic (exact) mass is 495 g/mol. The number of nitrogens with one attached hydrogen (secondary N) is 2. The zero-order valence-corrected chi connectivity index (χ0v) is 20.3. The molecule has 5 rings (SSSR count). The Labute approximate surface area is 213 Å². The van der Waals surface area contributed by atoms with E-state index in [-0.39, 0.29) is 24.2 Å². The summed E-state index contributed by atoms with van der Waals surface area (Å²) in [6.07, 6.45) is 0. The third kappa shape index (κ3) is 4.71. The summed E-state index contributed by atoms with van der Waals surface area (Å²) in [5, 5.41) is 19.2. The van der Waals surface area contributed by atoms with Crippen molar-refractivity contribution in [3.05, 3.63) is 89.7 Å². The van der Waals surface area contributed by atoms with Crippen LogP contribution in [-0.2, 0) is 11.3 Å². The highest BCUT2D eigenvalue weighted by atomic mass is 16.4. The Balaban J connectivity index is 1.29. The summed E-state index contributed by atoms with van der Waals surface area (Å²) in [5.41, 5.74) is 4.40. The van der Waals surface area contributed by atoms with Crippen molar-refractivity contribution < 1.29 is 19.5 Å². The third-order valence-corrected chi connectivity index (χ3v) is 6.37. The molecule has 1 atom stereocenters. The maximum absolute atomic E-state index is 13.0. The van der Waals surface area contributed by atoms with Gasteiger partial charge in [0.25, 0.3) is 11.8 Å². The molecule has 1 unspecified atom stereocenters. The van der Waals surface area contributed by atoms with E-state index < -0.39 is 17.9 Å². The Bertz CT molecular complexity index is 1480. The maximum atomic E-state index is 13.0. The van der Waals surface area contributed by atoms with Crippen molar-refractivity contribution in [2.24, 2.45) is 5.92 Å². The molecular weight excluding hydrogens is 470 g/mol. The molecule has 3 N–H and O–H groups in total. The first kappa shape index (κ1) is 23.9. The molecule has 3 aromatic carbocycles. The number of carboxylic acids is 1. The minimum Gasteiger partial charge on any atom is -0.480 e. The molecule has 1 aliphatic rings. The number of carboxylic acid groups (broad SMARTS) is 1. The van der Waals surface area contributed by atoms with Gasteiger partial charge in [0.15, 0.2) is 5.82 Å². The number of aliphatic carboxylic acids is 1. The molecule has 1 aliphatic heterocycles. The Morgan fingerprint density at radius 2 is 1.68 bits per heavy atom. The number of benzene rings is 3. The number of carbonyl (C=O) groups excluding carboxylic acids is 2. The minimum absolute atomic E-state index is 0.102. The lowest BCUT2D eigenvalue weighted by atomic mass is 10.00. The van der Waals surface area contributed by atoms with Crippen LogP contribution in [0, 0.1) is 5.92 Å². The van der Waals surface area contributed by atoms with E-state index in [0.717, 1.165) is 22.3 Å². The smallest absolute Gasteiger partial charge is 0.326 e. The number of amides is 2. The van der Waals surface area contributed by atoms with Crippen LogP contribution in [-0.4, -0.2) is 49.0 Å². The van der Waals surface area contributed by atoms with E-state index in [2.05, 4.69) is 20.5 Å². The highest BCUT2D eigenvalue weighted by Crippen LogP contribution is 2.31. The summed E-state index contributed by atoms with van der Waals surface area (Å²) in [6.45, 7) is 3.87. The summed E-state index contributed by atoms with van der Waals surface area (Å²) in [4.78, 5) is 43.1. The van der Waals surface area contributed by atoms with Gasteiger partial charge in [-0.15, -0.1) is 0 Å². The number of nitrogens with zero attached hydrogens (tertiary/aromatic N) is 3. The van der Waals surface area contributed by atoms with E-state index in [9.17, 15) is 19.5 Å². The number of rotatable bonds is 7. The lowest BCUT2D eigenvalue weighted by Gasteiger charge is -2.27. The van der Waals surface area contributed by atoms with Gasteiger partial charge in [-0.25, -0.2) is 9.78 Å². The first-order valence-electron chi connectivity index (χ1n) is 11.9. The molecule has 1 aromatic heterocycles. The highest BCUT2D eigenvalue weighted by Gasteiger charge is 2.38. The summed E-state index contributed by atoms with van der Waals surface area (Å²) in [5.74, 6) is -1.36. The van der Waals surface area contributed by atoms with Gasteiger partial charge in [-0.05, 0) is 40.8 Å². The van der Waals surface area contributed by atoms with Crippen molar-refractivity contribution in [3.63, 3.8) is 0 Å². The quantitative estimate of drug-likeness (QED) is 0.347. The van der Waals surface area contributed by atoms with E-state index in [1.54, 1.807) is 32.0 Å². The van der Waals surface area contributed by atoms with Crippen molar-refractivity contribution in [2.45, 2.75) is 26.4 Å². The van der Waals surface area contributed by atoms with Crippen LogP contribution in [0.4, 0.5) is 5.69 Å². The average molecular weight is 496 g/mol. The van der Waals surface area contributed by atoms with E-state index in [1.165, 1.54) is 4.90 Å². The number of aromatic nitrogens is 3. The van der Waals surface area contributed by atoms with Crippen LogP contribution in [0.1, 0.15) is 40.4 Å². The molecule has 9 nitrogen and oxygen atoms in total. The van der Waals surface area contributed by atoms with E-state index in [1.807, 2.05) is 54.6 Å². The molecular formula is C28H25N5O4. The molecule has 0 radical (unpaired) electrons. The topological polar surface area (TPSA) is 128 Å². The van der Waals surface area contributed by atoms with Gasteiger partial charge < -0.3 is 15.3 Å². The van der Waals surface area contributed by atoms with Crippen LogP contribution in [0.3, 0.4) is 0 Å². The van der Waals surface area contributed by atoms with Crippen LogP contribution < -0.4 is 5.32 Å². The average Bonchev–Trinajstić information content (AvgIpc) is 3.50. The Morgan fingerprint density at radius 3 is 2.35 bits per heavy atom. The van der Waals surface area contributed by atoms with Gasteiger partial charge in [-0.2, -0.15) is 5.10 Å². The van der Waals surface area contributed by atoms with Crippen LogP contribution in [0.5, 0.6) is 0 Å². The minimum atomic E-state index is -1.00. The summed E-state index contributed by atoms with van der Waals surface area (Å²) < 4.78 is 0. The maximum Gasteiger partial charge on any atom is 0.326 e. The van der Waals surface area contributed by atoms with Crippen molar-refractivity contribution in [2.75, 3.05) is 5.32 Å².